The van der Waals surface area contributed by atoms with Crippen LogP contribution >= 0.6 is 0 Å². The molecular weight excluding hydrogens is 314 g/mol. The van der Waals surface area contributed by atoms with Crippen LogP contribution in [0, 0.1) is 6.92 Å². The standard InChI is InChI=1S/C17H21NO4S/c1-13-7-5-6-8-14(13)12-18(23(4,19)20)16-10-9-15(21-2)11-17(16)22-3/h5-11H,12H2,1-4H3. The number of benzene rings is 2. The molecule has 0 atom stereocenters. The number of anilines is 1. The number of ether oxygens (including phenoxy) is 2. The van der Waals surface area contributed by atoms with Gasteiger partial charge >= 0.3 is 0 Å². The molecule has 0 aliphatic heterocycles. The average Bonchev–Trinajstić information content (AvgIpc) is 2.52. The van der Waals surface area contributed by atoms with Crippen LogP contribution in [0.3, 0.4) is 0 Å². The van der Waals surface area contributed by atoms with E-state index in [0.29, 0.717) is 17.2 Å². The number of aryl methyl sites for hydroxylation is 1. The Morgan fingerprint density at radius 2 is 1.74 bits per heavy atom. The van der Waals surface area contributed by atoms with Gasteiger partial charge in [-0.25, -0.2) is 8.42 Å². The summed E-state index contributed by atoms with van der Waals surface area (Å²) < 4.78 is 36.5. The summed E-state index contributed by atoms with van der Waals surface area (Å²) in [6.45, 7) is 2.20. The fourth-order valence-corrected chi connectivity index (χ4v) is 3.20. The minimum atomic E-state index is -3.47. The zero-order chi connectivity index (χ0) is 17.0. The molecule has 2 rings (SSSR count). The molecule has 0 heterocycles. The summed E-state index contributed by atoms with van der Waals surface area (Å²) in [6.07, 6.45) is 1.19. The summed E-state index contributed by atoms with van der Waals surface area (Å²) in [5, 5.41) is 0. The fraction of sp³-hybridized carbons (Fsp3) is 0.294. The third kappa shape index (κ3) is 3.96. The predicted octanol–water partition coefficient (Wildman–Crippen LogP) is 2.98. The lowest BCUT2D eigenvalue weighted by Gasteiger charge is -2.25. The highest BCUT2D eigenvalue weighted by Crippen LogP contribution is 2.34. The van der Waals surface area contributed by atoms with Crippen molar-refractivity contribution in [1.29, 1.82) is 0 Å². The normalized spacial score (nSPS) is 11.1. The molecule has 124 valence electrons. The summed E-state index contributed by atoms with van der Waals surface area (Å²) in [5.74, 6) is 1.05. The number of nitrogens with zero attached hydrogens (tertiary/aromatic N) is 1. The van der Waals surface area contributed by atoms with E-state index in [1.54, 1.807) is 25.3 Å². The quantitative estimate of drug-likeness (QED) is 0.814. The molecule has 0 N–H and O–H groups in total. The third-order valence-corrected chi connectivity index (χ3v) is 4.76. The Kier molecular flexibility index (Phi) is 5.15. The molecule has 2 aromatic rings. The second-order valence-electron chi connectivity index (χ2n) is 5.23. The number of methoxy groups -OCH3 is 2. The van der Waals surface area contributed by atoms with Gasteiger partial charge in [-0.05, 0) is 30.2 Å². The molecule has 0 aliphatic rings. The van der Waals surface area contributed by atoms with Crippen LogP contribution in [0.2, 0.25) is 0 Å². The second kappa shape index (κ2) is 6.91. The number of sulfonamides is 1. The molecule has 0 aliphatic carbocycles. The van der Waals surface area contributed by atoms with Crippen LogP contribution in [-0.4, -0.2) is 28.9 Å². The maximum absolute atomic E-state index is 12.3. The molecule has 2 aromatic carbocycles. The molecule has 5 nitrogen and oxygen atoms in total. The Morgan fingerprint density at radius 1 is 1.04 bits per heavy atom. The summed E-state index contributed by atoms with van der Waals surface area (Å²) in [4.78, 5) is 0. The molecule has 0 radical (unpaired) electrons. The van der Waals surface area contributed by atoms with Crippen molar-refractivity contribution in [3.8, 4) is 11.5 Å². The Morgan fingerprint density at radius 3 is 2.30 bits per heavy atom. The number of hydrogen-bond acceptors (Lipinski definition) is 4. The minimum absolute atomic E-state index is 0.244. The SMILES string of the molecule is COc1ccc(N(Cc2ccccc2C)S(C)(=O)=O)c(OC)c1. The lowest BCUT2D eigenvalue weighted by atomic mass is 10.1. The Balaban J connectivity index is 2.51. The van der Waals surface area contributed by atoms with E-state index in [1.165, 1.54) is 17.7 Å². The van der Waals surface area contributed by atoms with Gasteiger partial charge in [-0.15, -0.1) is 0 Å². The van der Waals surface area contributed by atoms with Crippen LogP contribution in [0.5, 0.6) is 11.5 Å². The molecule has 0 saturated heterocycles. The molecule has 0 spiro atoms. The van der Waals surface area contributed by atoms with E-state index in [2.05, 4.69) is 0 Å². The average molecular weight is 335 g/mol. The van der Waals surface area contributed by atoms with E-state index in [9.17, 15) is 8.42 Å². The molecule has 0 amide bonds. The van der Waals surface area contributed by atoms with Crippen molar-refractivity contribution in [3.63, 3.8) is 0 Å². The van der Waals surface area contributed by atoms with Gasteiger partial charge in [0, 0.05) is 6.07 Å². The molecule has 0 fully saturated rings. The van der Waals surface area contributed by atoms with Crippen molar-refractivity contribution in [2.24, 2.45) is 0 Å². The van der Waals surface area contributed by atoms with Gasteiger partial charge in [0.1, 0.15) is 11.5 Å². The van der Waals surface area contributed by atoms with Crippen LogP contribution in [0.15, 0.2) is 42.5 Å². The van der Waals surface area contributed by atoms with E-state index in [0.717, 1.165) is 11.1 Å². The summed E-state index contributed by atoms with van der Waals surface area (Å²) in [7, 11) is -0.414. The van der Waals surface area contributed by atoms with E-state index in [1.807, 2.05) is 31.2 Å². The number of rotatable bonds is 6. The Hall–Kier alpha value is -2.21. The predicted molar refractivity (Wildman–Crippen MR) is 91.8 cm³/mol. The first-order chi connectivity index (χ1) is 10.9. The highest BCUT2D eigenvalue weighted by Gasteiger charge is 2.22. The molecule has 6 heteroatoms. The van der Waals surface area contributed by atoms with Gasteiger partial charge < -0.3 is 9.47 Å². The molecule has 0 bridgehead atoms. The van der Waals surface area contributed by atoms with Crippen molar-refractivity contribution >= 4 is 15.7 Å². The van der Waals surface area contributed by atoms with Crippen molar-refractivity contribution < 1.29 is 17.9 Å². The Labute approximate surface area is 137 Å². The molecule has 0 saturated carbocycles. The molecular formula is C17H21NO4S. The van der Waals surface area contributed by atoms with Gasteiger partial charge in [0.25, 0.3) is 0 Å². The van der Waals surface area contributed by atoms with Crippen LogP contribution in [-0.2, 0) is 16.6 Å². The van der Waals surface area contributed by atoms with Gasteiger partial charge in [0.15, 0.2) is 0 Å². The van der Waals surface area contributed by atoms with Crippen LogP contribution < -0.4 is 13.8 Å². The van der Waals surface area contributed by atoms with Crippen molar-refractivity contribution in [3.05, 3.63) is 53.6 Å². The van der Waals surface area contributed by atoms with E-state index in [4.69, 9.17) is 9.47 Å². The van der Waals surface area contributed by atoms with Crippen molar-refractivity contribution in [2.45, 2.75) is 13.5 Å². The number of hydrogen-bond donors (Lipinski definition) is 0. The molecule has 23 heavy (non-hydrogen) atoms. The molecule has 0 aromatic heterocycles. The first-order valence-electron chi connectivity index (χ1n) is 7.11. The first kappa shape index (κ1) is 17.1. The summed E-state index contributed by atoms with van der Waals surface area (Å²) >= 11 is 0. The maximum Gasteiger partial charge on any atom is 0.232 e. The lowest BCUT2D eigenvalue weighted by Crippen LogP contribution is -2.30. The summed E-state index contributed by atoms with van der Waals surface area (Å²) in [5.41, 5.74) is 2.46. The smallest absolute Gasteiger partial charge is 0.232 e. The third-order valence-electron chi connectivity index (χ3n) is 3.63. The van der Waals surface area contributed by atoms with Gasteiger partial charge in [0.05, 0.1) is 32.7 Å². The van der Waals surface area contributed by atoms with Gasteiger partial charge in [0.2, 0.25) is 10.0 Å². The zero-order valence-electron chi connectivity index (χ0n) is 13.7. The monoisotopic (exact) mass is 335 g/mol. The summed E-state index contributed by atoms with van der Waals surface area (Å²) in [6, 6.07) is 12.8. The van der Waals surface area contributed by atoms with Gasteiger partial charge in [-0.3, -0.25) is 4.31 Å². The highest BCUT2D eigenvalue weighted by atomic mass is 32.2. The maximum atomic E-state index is 12.3. The topological polar surface area (TPSA) is 55.8 Å². The molecule has 0 unspecified atom stereocenters. The van der Waals surface area contributed by atoms with Crippen molar-refractivity contribution in [2.75, 3.05) is 24.8 Å². The zero-order valence-corrected chi connectivity index (χ0v) is 14.6. The highest BCUT2D eigenvalue weighted by molar-refractivity contribution is 7.92. The van der Waals surface area contributed by atoms with Crippen LogP contribution in [0.4, 0.5) is 5.69 Å². The second-order valence-corrected chi connectivity index (χ2v) is 7.14. The van der Waals surface area contributed by atoms with Gasteiger partial charge in [-0.1, -0.05) is 24.3 Å². The van der Waals surface area contributed by atoms with Crippen molar-refractivity contribution in [1.82, 2.24) is 0 Å². The minimum Gasteiger partial charge on any atom is -0.497 e. The first-order valence-corrected chi connectivity index (χ1v) is 8.96. The lowest BCUT2D eigenvalue weighted by molar-refractivity contribution is 0.395. The van der Waals surface area contributed by atoms with Crippen LogP contribution in [0.25, 0.3) is 0 Å². The van der Waals surface area contributed by atoms with E-state index >= 15 is 0 Å². The van der Waals surface area contributed by atoms with Gasteiger partial charge in [-0.2, -0.15) is 0 Å². The Bertz CT molecular complexity index is 787. The van der Waals surface area contributed by atoms with Crippen LogP contribution in [0.1, 0.15) is 11.1 Å². The largest absolute Gasteiger partial charge is 0.497 e. The van der Waals surface area contributed by atoms with E-state index < -0.39 is 10.0 Å². The van der Waals surface area contributed by atoms with E-state index in [-0.39, 0.29) is 6.54 Å². The fourth-order valence-electron chi connectivity index (χ4n) is 2.31.